The van der Waals surface area contributed by atoms with E-state index in [1.165, 1.54) is 0 Å². The van der Waals surface area contributed by atoms with Crippen molar-refractivity contribution in [1.82, 2.24) is 0 Å². The molecule has 1 aliphatic rings. The second-order valence-electron chi connectivity index (χ2n) is 3.99. The Morgan fingerprint density at radius 1 is 1.62 bits per heavy atom. The van der Waals surface area contributed by atoms with E-state index < -0.39 is 5.41 Å². The van der Waals surface area contributed by atoms with Crippen LogP contribution in [0.3, 0.4) is 0 Å². The van der Waals surface area contributed by atoms with E-state index in [2.05, 4.69) is 0 Å². The predicted octanol–water partition coefficient (Wildman–Crippen LogP) is 1.61. The number of phenols is 1. The quantitative estimate of drug-likeness (QED) is 0.772. The SMILES string of the molecule is CCOC(=O)C1(C)COc2cccc(O)c21. The molecule has 1 N–H and O–H groups in total. The fraction of sp³-hybridized carbons (Fsp3) is 0.417. The van der Waals surface area contributed by atoms with Gasteiger partial charge in [0.15, 0.2) is 0 Å². The van der Waals surface area contributed by atoms with Gasteiger partial charge in [0.1, 0.15) is 23.5 Å². The molecule has 86 valence electrons. The number of benzene rings is 1. The second kappa shape index (κ2) is 3.70. The minimum Gasteiger partial charge on any atom is -0.507 e. The Balaban J connectivity index is 2.45. The average molecular weight is 222 g/mol. The molecule has 0 saturated carbocycles. The van der Waals surface area contributed by atoms with Gasteiger partial charge in [0.2, 0.25) is 0 Å². The lowest BCUT2D eigenvalue weighted by molar-refractivity contribution is -0.149. The number of phenolic OH excluding ortho intramolecular Hbond substituents is 1. The number of hydrogen-bond acceptors (Lipinski definition) is 4. The van der Waals surface area contributed by atoms with Gasteiger partial charge >= 0.3 is 5.97 Å². The fourth-order valence-electron chi connectivity index (χ4n) is 1.94. The van der Waals surface area contributed by atoms with Crippen molar-refractivity contribution in [3.8, 4) is 11.5 Å². The summed E-state index contributed by atoms with van der Waals surface area (Å²) in [5.41, 5.74) is -0.384. The van der Waals surface area contributed by atoms with Crippen molar-refractivity contribution in [3.05, 3.63) is 23.8 Å². The molecule has 1 aromatic carbocycles. The van der Waals surface area contributed by atoms with Crippen LogP contribution in [0.15, 0.2) is 18.2 Å². The van der Waals surface area contributed by atoms with Crippen molar-refractivity contribution in [2.24, 2.45) is 0 Å². The van der Waals surface area contributed by atoms with E-state index >= 15 is 0 Å². The third kappa shape index (κ3) is 1.41. The summed E-state index contributed by atoms with van der Waals surface area (Å²) in [5.74, 6) is 0.261. The highest BCUT2D eigenvalue weighted by Crippen LogP contribution is 2.44. The molecule has 0 saturated heterocycles. The van der Waals surface area contributed by atoms with E-state index in [4.69, 9.17) is 9.47 Å². The summed E-state index contributed by atoms with van der Waals surface area (Å²) in [6.07, 6.45) is 0. The average Bonchev–Trinajstić information content (AvgIpc) is 2.60. The molecule has 1 aliphatic heterocycles. The Bertz CT molecular complexity index is 427. The van der Waals surface area contributed by atoms with Crippen LogP contribution in [0.25, 0.3) is 0 Å². The smallest absolute Gasteiger partial charge is 0.320 e. The van der Waals surface area contributed by atoms with Crippen LogP contribution in [0, 0.1) is 0 Å². The Kier molecular flexibility index (Phi) is 2.50. The van der Waals surface area contributed by atoms with Gasteiger partial charge in [0, 0.05) is 0 Å². The molecule has 0 aromatic heterocycles. The number of fused-ring (bicyclic) bond motifs is 1. The monoisotopic (exact) mass is 222 g/mol. The molecule has 1 atom stereocenters. The zero-order valence-corrected chi connectivity index (χ0v) is 9.32. The molecule has 0 spiro atoms. The number of esters is 1. The molecule has 0 radical (unpaired) electrons. The lowest BCUT2D eigenvalue weighted by atomic mass is 9.84. The lowest BCUT2D eigenvalue weighted by Crippen LogP contribution is -2.36. The lowest BCUT2D eigenvalue weighted by Gasteiger charge is -2.20. The fourth-order valence-corrected chi connectivity index (χ4v) is 1.94. The number of aromatic hydroxyl groups is 1. The van der Waals surface area contributed by atoms with Crippen LogP contribution in [0.4, 0.5) is 0 Å². The van der Waals surface area contributed by atoms with Crippen molar-refractivity contribution < 1.29 is 19.4 Å². The van der Waals surface area contributed by atoms with E-state index in [-0.39, 0.29) is 18.3 Å². The minimum atomic E-state index is -0.906. The second-order valence-corrected chi connectivity index (χ2v) is 3.99. The number of rotatable bonds is 2. The molecule has 0 bridgehead atoms. The molecule has 4 heteroatoms. The molecule has 0 fully saturated rings. The van der Waals surface area contributed by atoms with Crippen LogP contribution in [0.5, 0.6) is 11.5 Å². The van der Waals surface area contributed by atoms with Gasteiger partial charge in [-0.05, 0) is 26.0 Å². The van der Waals surface area contributed by atoms with Gasteiger partial charge in [-0.2, -0.15) is 0 Å². The topological polar surface area (TPSA) is 55.8 Å². The predicted molar refractivity (Wildman–Crippen MR) is 57.6 cm³/mol. The van der Waals surface area contributed by atoms with Gasteiger partial charge in [-0.25, -0.2) is 0 Å². The maximum atomic E-state index is 11.9. The third-order valence-electron chi connectivity index (χ3n) is 2.80. The highest BCUT2D eigenvalue weighted by molar-refractivity contribution is 5.86. The van der Waals surface area contributed by atoms with E-state index in [1.54, 1.807) is 32.0 Å². The number of hydrogen-bond donors (Lipinski definition) is 1. The zero-order valence-electron chi connectivity index (χ0n) is 9.32. The molecule has 2 rings (SSSR count). The first-order chi connectivity index (χ1) is 7.59. The first-order valence-corrected chi connectivity index (χ1v) is 5.22. The first kappa shape index (κ1) is 10.8. The molecule has 1 aromatic rings. The van der Waals surface area contributed by atoms with E-state index in [9.17, 15) is 9.90 Å². The van der Waals surface area contributed by atoms with Crippen LogP contribution in [-0.2, 0) is 14.9 Å². The molecular weight excluding hydrogens is 208 g/mol. The summed E-state index contributed by atoms with van der Waals surface area (Å²) in [6, 6.07) is 4.97. The molecule has 16 heavy (non-hydrogen) atoms. The Labute approximate surface area is 93.8 Å². The van der Waals surface area contributed by atoms with Crippen LogP contribution >= 0.6 is 0 Å². The summed E-state index contributed by atoms with van der Waals surface area (Å²) in [6.45, 7) is 4.00. The van der Waals surface area contributed by atoms with Crippen LogP contribution in [-0.4, -0.2) is 24.3 Å². The van der Waals surface area contributed by atoms with Crippen molar-refractivity contribution in [1.29, 1.82) is 0 Å². The Hall–Kier alpha value is -1.71. The van der Waals surface area contributed by atoms with Gasteiger partial charge in [-0.3, -0.25) is 4.79 Å². The van der Waals surface area contributed by atoms with Crippen LogP contribution < -0.4 is 4.74 Å². The van der Waals surface area contributed by atoms with Crippen molar-refractivity contribution in [2.75, 3.05) is 13.2 Å². The highest BCUT2D eigenvalue weighted by Gasteiger charge is 2.46. The van der Waals surface area contributed by atoms with Gasteiger partial charge < -0.3 is 14.6 Å². The van der Waals surface area contributed by atoms with E-state index in [1.807, 2.05) is 0 Å². The number of carbonyl (C=O) groups is 1. The maximum Gasteiger partial charge on any atom is 0.320 e. The zero-order chi connectivity index (χ0) is 11.8. The number of carbonyl (C=O) groups excluding carboxylic acids is 1. The largest absolute Gasteiger partial charge is 0.507 e. The van der Waals surface area contributed by atoms with Crippen LogP contribution in [0.2, 0.25) is 0 Å². The summed E-state index contributed by atoms with van der Waals surface area (Å²) in [7, 11) is 0. The summed E-state index contributed by atoms with van der Waals surface area (Å²) in [5, 5.41) is 9.80. The molecule has 0 amide bonds. The van der Waals surface area contributed by atoms with Gasteiger partial charge in [-0.1, -0.05) is 6.07 Å². The highest BCUT2D eigenvalue weighted by atomic mass is 16.5. The molecular formula is C12H14O4. The van der Waals surface area contributed by atoms with E-state index in [0.717, 1.165) is 0 Å². The van der Waals surface area contributed by atoms with Gasteiger partial charge in [0.05, 0.1) is 12.2 Å². The normalized spacial score (nSPS) is 22.4. The van der Waals surface area contributed by atoms with Gasteiger partial charge in [0.25, 0.3) is 0 Å². The summed E-state index contributed by atoms with van der Waals surface area (Å²) < 4.78 is 10.4. The standard InChI is InChI=1S/C12H14O4/c1-3-15-11(14)12(2)7-16-9-6-4-5-8(13)10(9)12/h4-6,13H,3,7H2,1-2H3. The van der Waals surface area contributed by atoms with Crippen molar-refractivity contribution in [3.63, 3.8) is 0 Å². The van der Waals surface area contributed by atoms with Crippen molar-refractivity contribution in [2.45, 2.75) is 19.3 Å². The summed E-state index contributed by atoms with van der Waals surface area (Å²) in [4.78, 5) is 11.9. The van der Waals surface area contributed by atoms with Gasteiger partial charge in [-0.15, -0.1) is 0 Å². The molecule has 4 nitrogen and oxygen atoms in total. The number of ether oxygens (including phenoxy) is 2. The van der Waals surface area contributed by atoms with E-state index in [0.29, 0.717) is 17.9 Å². The molecule has 0 aliphatic carbocycles. The van der Waals surface area contributed by atoms with Crippen LogP contribution in [0.1, 0.15) is 19.4 Å². The Morgan fingerprint density at radius 3 is 3.06 bits per heavy atom. The third-order valence-corrected chi connectivity index (χ3v) is 2.80. The van der Waals surface area contributed by atoms with Crippen molar-refractivity contribution >= 4 is 5.97 Å². The Morgan fingerprint density at radius 2 is 2.38 bits per heavy atom. The summed E-state index contributed by atoms with van der Waals surface area (Å²) >= 11 is 0. The molecule has 1 unspecified atom stereocenters. The first-order valence-electron chi connectivity index (χ1n) is 5.22. The minimum absolute atomic E-state index is 0.0746. The maximum absolute atomic E-state index is 11.9. The molecule has 1 heterocycles.